The van der Waals surface area contributed by atoms with Gasteiger partial charge in [0.05, 0.1) is 6.61 Å². The van der Waals surface area contributed by atoms with E-state index < -0.39 is 42.6 Å². The predicted molar refractivity (Wildman–Crippen MR) is 84.1 cm³/mol. The molecular weight excluding hydrogens is 332 g/mol. The Morgan fingerprint density at radius 1 is 1.08 bits per heavy atom. The molecule has 8 nitrogen and oxygen atoms in total. The highest BCUT2D eigenvalue weighted by molar-refractivity contribution is 5.66. The van der Waals surface area contributed by atoms with E-state index in [1.54, 1.807) is 0 Å². The Morgan fingerprint density at radius 2 is 1.76 bits per heavy atom. The van der Waals surface area contributed by atoms with Crippen LogP contribution in [0.3, 0.4) is 0 Å². The first-order chi connectivity index (χ1) is 11.9. The Morgan fingerprint density at radius 3 is 2.36 bits per heavy atom. The molecule has 138 valence electrons. The summed E-state index contributed by atoms with van der Waals surface area (Å²) in [6.45, 7) is 2.27. The fourth-order valence-corrected chi connectivity index (χ4v) is 2.46. The van der Waals surface area contributed by atoms with Crippen LogP contribution in [-0.2, 0) is 35.1 Å². The maximum absolute atomic E-state index is 11.3. The van der Waals surface area contributed by atoms with Crippen LogP contribution in [0.5, 0.6) is 0 Å². The van der Waals surface area contributed by atoms with Crippen molar-refractivity contribution < 1.29 is 38.7 Å². The van der Waals surface area contributed by atoms with Crippen molar-refractivity contribution in [2.45, 2.75) is 51.2 Å². The zero-order valence-corrected chi connectivity index (χ0v) is 14.0. The van der Waals surface area contributed by atoms with Crippen molar-refractivity contribution in [2.75, 3.05) is 6.61 Å². The number of carbonyl (C=O) groups excluding carboxylic acids is 2. The van der Waals surface area contributed by atoms with Gasteiger partial charge in [0.2, 0.25) is 0 Å². The van der Waals surface area contributed by atoms with Crippen LogP contribution in [0, 0.1) is 0 Å². The van der Waals surface area contributed by atoms with Gasteiger partial charge in [-0.1, -0.05) is 30.3 Å². The van der Waals surface area contributed by atoms with Crippen molar-refractivity contribution in [3.63, 3.8) is 0 Å². The quantitative estimate of drug-likeness (QED) is 0.694. The summed E-state index contributed by atoms with van der Waals surface area (Å²) in [6.07, 6.45) is -6.18. The molecule has 5 atom stereocenters. The van der Waals surface area contributed by atoms with Crippen LogP contribution in [0.25, 0.3) is 0 Å². The minimum atomic E-state index is -1.39. The average Bonchev–Trinajstić information content (AvgIpc) is 2.57. The summed E-state index contributed by atoms with van der Waals surface area (Å²) in [7, 11) is 0. The van der Waals surface area contributed by atoms with E-state index in [0.717, 1.165) is 12.5 Å². The molecule has 0 aromatic heterocycles. The smallest absolute Gasteiger partial charge is 0.303 e. The van der Waals surface area contributed by atoms with Crippen molar-refractivity contribution in [3.8, 4) is 0 Å². The van der Waals surface area contributed by atoms with E-state index in [9.17, 15) is 19.8 Å². The molecule has 0 radical (unpaired) electrons. The second-order valence-corrected chi connectivity index (χ2v) is 5.70. The third-order valence-electron chi connectivity index (χ3n) is 3.65. The van der Waals surface area contributed by atoms with Crippen molar-refractivity contribution in [3.05, 3.63) is 35.9 Å². The number of carbonyl (C=O) groups is 2. The molecule has 1 aromatic carbocycles. The number of hydrogen-bond acceptors (Lipinski definition) is 8. The predicted octanol–water partition coefficient (Wildman–Crippen LogP) is 0.145. The van der Waals surface area contributed by atoms with E-state index in [2.05, 4.69) is 0 Å². The zero-order chi connectivity index (χ0) is 18.4. The van der Waals surface area contributed by atoms with Gasteiger partial charge in [-0.3, -0.25) is 9.59 Å². The molecule has 1 saturated heterocycles. The fourth-order valence-electron chi connectivity index (χ4n) is 2.46. The lowest BCUT2D eigenvalue weighted by Gasteiger charge is -2.41. The highest BCUT2D eigenvalue weighted by Crippen LogP contribution is 2.25. The molecule has 25 heavy (non-hydrogen) atoms. The van der Waals surface area contributed by atoms with Crippen molar-refractivity contribution in [2.24, 2.45) is 0 Å². The van der Waals surface area contributed by atoms with Crippen LogP contribution in [0.15, 0.2) is 30.3 Å². The SMILES string of the molecule is CC(=O)OC[C@@H]1O[C@H](OCc2ccccc2)[C@@H](O)[C@H](OC(C)=O)[C@H]1O. The van der Waals surface area contributed by atoms with Crippen molar-refractivity contribution in [1.82, 2.24) is 0 Å². The maximum Gasteiger partial charge on any atom is 0.303 e. The third kappa shape index (κ3) is 5.50. The lowest BCUT2D eigenvalue weighted by atomic mass is 9.99. The number of hydrogen-bond donors (Lipinski definition) is 2. The number of rotatable bonds is 6. The van der Waals surface area contributed by atoms with Gasteiger partial charge in [-0.15, -0.1) is 0 Å². The minimum absolute atomic E-state index is 0.145. The number of ether oxygens (including phenoxy) is 4. The summed E-state index contributed by atoms with van der Waals surface area (Å²) in [6, 6.07) is 9.21. The first-order valence-corrected chi connectivity index (χ1v) is 7.86. The molecule has 0 amide bonds. The standard InChI is InChI=1S/C17H22O8/c1-10(18)22-9-13-14(20)16(24-11(2)19)15(21)17(25-13)23-8-12-6-4-3-5-7-12/h3-7,13-17,20-21H,8-9H2,1-2H3/t13-,14-,15-,16+,17-/m0/s1. The summed E-state index contributed by atoms with van der Waals surface area (Å²) >= 11 is 0. The number of aliphatic hydroxyl groups excluding tert-OH is 2. The van der Waals surface area contributed by atoms with Crippen LogP contribution in [0.2, 0.25) is 0 Å². The second-order valence-electron chi connectivity index (χ2n) is 5.70. The topological polar surface area (TPSA) is 112 Å². The highest BCUT2D eigenvalue weighted by Gasteiger charge is 2.47. The molecule has 1 aromatic rings. The Kier molecular flexibility index (Phi) is 6.89. The first kappa shape index (κ1) is 19.3. The second kappa shape index (κ2) is 8.91. The van der Waals surface area contributed by atoms with E-state index in [0.29, 0.717) is 0 Å². The summed E-state index contributed by atoms with van der Waals surface area (Å²) in [4.78, 5) is 22.2. The van der Waals surface area contributed by atoms with E-state index in [4.69, 9.17) is 18.9 Å². The van der Waals surface area contributed by atoms with Gasteiger partial charge in [0.25, 0.3) is 0 Å². The van der Waals surface area contributed by atoms with Crippen LogP contribution in [-0.4, -0.2) is 59.5 Å². The normalized spacial score (nSPS) is 29.0. The lowest BCUT2D eigenvalue weighted by molar-refractivity contribution is -0.306. The van der Waals surface area contributed by atoms with Gasteiger partial charge in [-0.2, -0.15) is 0 Å². The van der Waals surface area contributed by atoms with Crippen LogP contribution in [0.1, 0.15) is 19.4 Å². The lowest BCUT2D eigenvalue weighted by Crippen LogP contribution is -2.60. The Bertz CT molecular complexity index is 575. The number of esters is 2. The average molecular weight is 354 g/mol. The van der Waals surface area contributed by atoms with Crippen LogP contribution >= 0.6 is 0 Å². The van der Waals surface area contributed by atoms with Gasteiger partial charge in [-0.25, -0.2) is 0 Å². The van der Waals surface area contributed by atoms with E-state index in [-0.39, 0.29) is 13.2 Å². The third-order valence-corrected chi connectivity index (χ3v) is 3.65. The number of benzene rings is 1. The molecule has 0 aliphatic carbocycles. The number of aliphatic hydroxyl groups is 2. The molecule has 1 aliphatic rings. The maximum atomic E-state index is 11.3. The molecule has 1 aliphatic heterocycles. The van der Waals surface area contributed by atoms with Crippen LogP contribution < -0.4 is 0 Å². The van der Waals surface area contributed by atoms with E-state index in [1.807, 2.05) is 30.3 Å². The van der Waals surface area contributed by atoms with Gasteiger partial charge in [-0.05, 0) is 5.56 Å². The highest BCUT2D eigenvalue weighted by atomic mass is 16.7. The molecule has 0 saturated carbocycles. The van der Waals surface area contributed by atoms with Crippen molar-refractivity contribution >= 4 is 11.9 Å². The molecule has 0 spiro atoms. The Hall–Kier alpha value is -2.00. The fraction of sp³-hybridized carbons (Fsp3) is 0.529. The Labute approximate surface area is 145 Å². The molecule has 2 N–H and O–H groups in total. The van der Waals surface area contributed by atoms with Gasteiger partial charge in [0.1, 0.15) is 24.9 Å². The minimum Gasteiger partial charge on any atom is -0.463 e. The van der Waals surface area contributed by atoms with Crippen LogP contribution in [0.4, 0.5) is 0 Å². The Balaban J connectivity index is 2.07. The molecule has 1 heterocycles. The summed E-state index contributed by atoms with van der Waals surface area (Å²) in [5.41, 5.74) is 0.852. The first-order valence-electron chi connectivity index (χ1n) is 7.86. The molecule has 2 rings (SSSR count). The van der Waals surface area contributed by atoms with Crippen molar-refractivity contribution in [1.29, 1.82) is 0 Å². The zero-order valence-electron chi connectivity index (χ0n) is 14.0. The van der Waals surface area contributed by atoms with E-state index >= 15 is 0 Å². The van der Waals surface area contributed by atoms with Gasteiger partial charge >= 0.3 is 11.9 Å². The van der Waals surface area contributed by atoms with Gasteiger partial charge in [0.15, 0.2) is 12.4 Å². The largest absolute Gasteiger partial charge is 0.463 e. The molecular formula is C17H22O8. The van der Waals surface area contributed by atoms with E-state index in [1.165, 1.54) is 6.92 Å². The molecule has 1 fully saturated rings. The monoisotopic (exact) mass is 354 g/mol. The van der Waals surface area contributed by atoms with Gasteiger partial charge in [0, 0.05) is 13.8 Å². The molecule has 8 heteroatoms. The summed E-state index contributed by atoms with van der Waals surface area (Å²) < 4.78 is 20.9. The summed E-state index contributed by atoms with van der Waals surface area (Å²) in [5.74, 6) is -1.22. The summed E-state index contributed by atoms with van der Waals surface area (Å²) in [5, 5.41) is 20.6. The molecule has 0 bridgehead atoms. The van der Waals surface area contributed by atoms with Gasteiger partial charge < -0.3 is 29.2 Å². The molecule has 0 unspecified atom stereocenters.